The highest BCUT2D eigenvalue weighted by Gasteiger charge is 2.29. The second-order valence-electron chi connectivity index (χ2n) is 8.86. The Morgan fingerprint density at radius 2 is 1.68 bits per heavy atom. The molecule has 0 aliphatic carbocycles. The number of benzene rings is 2. The molecular weight excluding hydrogens is 512 g/mol. The first-order chi connectivity index (χ1) is 18.2. The Morgan fingerprint density at radius 1 is 1.03 bits per heavy atom. The molecule has 0 bridgehead atoms. The number of rotatable bonds is 10. The average molecular weight is 543 g/mol. The highest BCUT2D eigenvalue weighted by Crippen LogP contribution is 2.41. The third-order valence-electron chi connectivity index (χ3n) is 6.45. The molecule has 3 aromatic rings. The van der Waals surface area contributed by atoms with Gasteiger partial charge in [0.1, 0.15) is 0 Å². The lowest BCUT2D eigenvalue weighted by molar-refractivity contribution is -0.387. The van der Waals surface area contributed by atoms with Gasteiger partial charge in [-0.1, -0.05) is 12.1 Å². The number of nitrogens with one attached hydrogen (secondary N) is 1. The summed E-state index contributed by atoms with van der Waals surface area (Å²) < 4.78 is 44.7. The van der Waals surface area contributed by atoms with Crippen molar-refractivity contribution >= 4 is 15.7 Å². The number of nitrogens with zero attached hydrogens (tertiary/aromatic N) is 3. The van der Waals surface area contributed by atoms with Crippen molar-refractivity contribution in [2.45, 2.75) is 30.3 Å². The van der Waals surface area contributed by atoms with E-state index in [0.717, 1.165) is 16.8 Å². The van der Waals surface area contributed by atoms with E-state index in [-0.39, 0.29) is 10.9 Å². The third kappa shape index (κ3) is 6.04. The van der Waals surface area contributed by atoms with Gasteiger partial charge in [0.2, 0.25) is 15.8 Å². The summed E-state index contributed by atoms with van der Waals surface area (Å²) in [6, 6.07) is 12.7. The summed E-state index contributed by atoms with van der Waals surface area (Å²) >= 11 is 0. The van der Waals surface area contributed by atoms with Crippen LogP contribution < -0.4 is 18.9 Å². The van der Waals surface area contributed by atoms with Crippen LogP contribution in [0, 0.1) is 10.1 Å². The van der Waals surface area contributed by atoms with E-state index in [1.807, 2.05) is 24.3 Å². The number of nitro groups is 1. The molecule has 202 valence electrons. The summed E-state index contributed by atoms with van der Waals surface area (Å²) in [7, 11) is 0.672. The first-order valence-corrected chi connectivity index (χ1v) is 13.5. The molecule has 11 nitrogen and oxygen atoms in total. The molecular formula is C26H30N4O7S. The van der Waals surface area contributed by atoms with E-state index in [0.29, 0.717) is 49.7 Å². The van der Waals surface area contributed by atoms with Gasteiger partial charge in [-0.3, -0.25) is 20.0 Å². The number of methoxy groups -OCH3 is 3. The number of pyridine rings is 1. The number of hydrogen-bond acceptors (Lipinski definition) is 9. The van der Waals surface area contributed by atoms with Gasteiger partial charge >= 0.3 is 0 Å². The zero-order valence-electron chi connectivity index (χ0n) is 21.4. The van der Waals surface area contributed by atoms with Gasteiger partial charge < -0.3 is 14.2 Å². The second kappa shape index (κ2) is 11.8. The van der Waals surface area contributed by atoms with Gasteiger partial charge in [0.05, 0.1) is 31.9 Å². The summed E-state index contributed by atoms with van der Waals surface area (Å²) in [5.74, 6) is 1.59. The molecule has 38 heavy (non-hydrogen) atoms. The predicted octanol–water partition coefficient (Wildman–Crippen LogP) is 3.63. The molecule has 4 rings (SSSR count). The summed E-state index contributed by atoms with van der Waals surface area (Å²) in [5, 5.41) is 11.3. The SMILES string of the molecule is COc1cc(-c2cc(CN3CCC(NS(=O)(=O)c4ccccc4[N+](=O)[O-])CC3)ccn2)cc(OC)c1OC. The van der Waals surface area contributed by atoms with E-state index in [4.69, 9.17) is 14.2 Å². The Kier molecular flexibility index (Phi) is 8.45. The van der Waals surface area contributed by atoms with Gasteiger partial charge in [-0.05, 0) is 48.7 Å². The van der Waals surface area contributed by atoms with Crippen LogP contribution in [-0.4, -0.2) is 63.7 Å². The Morgan fingerprint density at radius 3 is 2.29 bits per heavy atom. The number of sulfonamides is 1. The minimum Gasteiger partial charge on any atom is -0.493 e. The number of ether oxygens (including phenoxy) is 3. The standard InChI is InChI=1S/C26H30N4O7S/c1-35-23-15-19(16-24(36-2)26(23)37-3)21-14-18(8-11-27-21)17-29-12-9-20(10-13-29)28-38(33,34)25-7-5-4-6-22(25)30(31)32/h4-8,11,14-16,20,28H,9-10,12-13,17H2,1-3H3. The van der Waals surface area contributed by atoms with Crippen molar-refractivity contribution in [2.75, 3.05) is 34.4 Å². The van der Waals surface area contributed by atoms with E-state index in [9.17, 15) is 18.5 Å². The third-order valence-corrected chi connectivity index (χ3v) is 8.02. The molecule has 1 aliphatic rings. The zero-order chi connectivity index (χ0) is 27.3. The fourth-order valence-electron chi connectivity index (χ4n) is 4.54. The number of para-hydroxylation sites is 1. The molecule has 12 heteroatoms. The van der Waals surface area contributed by atoms with Crippen LogP contribution in [0.25, 0.3) is 11.3 Å². The summed E-state index contributed by atoms with van der Waals surface area (Å²) in [4.78, 5) is 17.0. The van der Waals surface area contributed by atoms with Crippen LogP contribution in [0.2, 0.25) is 0 Å². The normalized spacial score (nSPS) is 14.7. The van der Waals surface area contributed by atoms with Crippen molar-refractivity contribution < 1.29 is 27.6 Å². The smallest absolute Gasteiger partial charge is 0.289 e. The van der Waals surface area contributed by atoms with Gasteiger partial charge in [-0.2, -0.15) is 0 Å². The largest absolute Gasteiger partial charge is 0.493 e. The first kappa shape index (κ1) is 27.3. The Bertz CT molecular complexity index is 1380. The molecule has 2 heterocycles. The van der Waals surface area contributed by atoms with Gasteiger partial charge in [-0.25, -0.2) is 13.1 Å². The molecule has 1 aromatic heterocycles. The van der Waals surface area contributed by atoms with E-state index in [2.05, 4.69) is 14.6 Å². The average Bonchev–Trinajstić information content (AvgIpc) is 2.93. The maximum atomic E-state index is 12.8. The molecule has 1 fully saturated rings. The van der Waals surface area contributed by atoms with Crippen molar-refractivity contribution in [3.63, 3.8) is 0 Å². The van der Waals surface area contributed by atoms with Crippen molar-refractivity contribution in [1.29, 1.82) is 0 Å². The zero-order valence-corrected chi connectivity index (χ0v) is 22.2. The van der Waals surface area contributed by atoms with Crippen LogP contribution in [0.5, 0.6) is 17.2 Å². The summed E-state index contributed by atoms with van der Waals surface area (Å²) in [6.45, 7) is 2.02. The van der Waals surface area contributed by atoms with Crippen LogP contribution in [0.15, 0.2) is 59.6 Å². The predicted molar refractivity (Wildman–Crippen MR) is 141 cm³/mol. The number of hydrogen-bond donors (Lipinski definition) is 1. The van der Waals surface area contributed by atoms with Gasteiger partial charge in [-0.15, -0.1) is 0 Å². The molecule has 1 aliphatic heterocycles. The topological polar surface area (TPSA) is 133 Å². The molecule has 2 aromatic carbocycles. The molecule has 1 saturated heterocycles. The van der Waals surface area contributed by atoms with Gasteiger partial charge in [0, 0.05) is 43.5 Å². The van der Waals surface area contributed by atoms with Crippen LogP contribution in [0.4, 0.5) is 5.69 Å². The van der Waals surface area contributed by atoms with Crippen molar-refractivity contribution in [3.05, 3.63) is 70.4 Å². The molecule has 0 spiro atoms. The molecule has 0 unspecified atom stereocenters. The van der Waals surface area contributed by atoms with E-state index in [1.165, 1.54) is 24.3 Å². The van der Waals surface area contributed by atoms with E-state index < -0.39 is 20.6 Å². The van der Waals surface area contributed by atoms with Crippen LogP contribution in [0.1, 0.15) is 18.4 Å². The van der Waals surface area contributed by atoms with E-state index in [1.54, 1.807) is 27.5 Å². The van der Waals surface area contributed by atoms with Crippen molar-refractivity contribution in [3.8, 4) is 28.5 Å². The Balaban J connectivity index is 1.41. The monoisotopic (exact) mass is 542 g/mol. The second-order valence-corrected chi connectivity index (χ2v) is 10.5. The minimum atomic E-state index is -4.01. The molecule has 1 N–H and O–H groups in total. The molecule has 0 amide bonds. The number of nitro benzene ring substituents is 1. The quantitative estimate of drug-likeness (QED) is 0.301. The number of aromatic nitrogens is 1. The molecule has 0 saturated carbocycles. The van der Waals surface area contributed by atoms with Crippen LogP contribution >= 0.6 is 0 Å². The van der Waals surface area contributed by atoms with Crippen LogP contribution in [0.3, 0.4) is 0 Å². The van der Waals surface area contributed by atoms with Gasteiger partial charge in [0.15, 0.2) is 16.4 Å². The number of piperidine rings is 1. The Labute approximate surface area is 221 Å². The first-order valence-electron chi connectivity index (χ1n) is 12.0. The molecule has 0 atom stereocenters. The fourth-order valence-corrected chi connectivity index (χ4v) is 6.02. The highest BCUT2D eigenvalue weighted by atomic mass is 32.2. The van der Waals surface area contributed by atoms with E-state index >= 15 is 0 Å². The fraction of sp³-hybridized carbons (Fsp3) is 0.346. The Hall–Kier alpha value is -3.74. The lowest BCUT2D eigenvalue weighted by atomic mass is 10.0. The lowest BCUT2D eigenvalue weighted by Crippen LogP contribution is -2.44. The van der Waals surface area contributed by atoms with Crippen LogP contribution in [-0.2, 0) is 16.6 Å². The molecule has 0 radical (unpaired) electrons. The summed E-state index contributed by atoms with van der Waals surface area (Å²) in [5.41, 5.74) is 2.21. The van der Waals surface area contributed by atoms with Gasteiger partial charge in [0.25, 0.3) is 5.69 Å². The number of likely N-dealkylation sites (tertiary alicyclic amines) is 1. The maximum Gasteiger partial charge on any atom is 0.289 e. The maximum absolute atomic E-state index is 12.8. The van der Waals surface area contributed by atoms with Crippen molar-refractivity contribution in [1.82, 2.24) is 14.6 Å². The van der Waals surface area contributed by atoms with Crippen molar-refractivity contribution in [2.24, 2.45) is 0 Å². The minimum absolute atomic E-state index is 0.303. The lowest BCUT2D eigenvalue weighted by Gasteiger charge is -2.32. The summed E-state index contributed by atoms with van der Waals surface area (Å²) in [6.07, 6.45) is 2.93. The highest BCUT2D eigenvalue weighted by molar-refractivity contribution is 7.89.